The van der Waals surface area contributed by atoms with Crippen molar-refractivity contribution < 1.29 is 5.11 Å². The van der Waals surface area contributed by atoms with E-state index in [0.29, 0.717) is 0 Å². The van der Waals surface area contributed by atoms with Gasteiger partial charge in [-0.3, -0.25) is 0 Å². The van der Waals surface area contributed by atoms with E-state index < -0.39 is 6.10 Å². The van der Waals surface area contributed by atoms with Gasteiger partial charge in [0.25, 0.3) is 0 Å². The molecule has 0 aliphatic carbocycles. The first-order valence-electron chi connectivity index (χ1n) is 5.20. The van der Waals surface area contributed by atoms with Crippen molar-refractivity contribution in [2.24, 2.45) is 5.73 Å². The summed E-state index contributed by atoms with van der Waals surface area (Å²) in [6, 6.07) is 8.01. The number of aromatic nitrogens is 2. The lowest BCUT2D eigenvalue weighted by Gasteiger charge is -2.03. The first kappa shape index (κ1) is 10.9. The van der Waals surface area contributed by atoms with E-state index in [1.54, 1.807) is 17.1 Å². The van der Waals surface area contributed by atoms with Crippen molar-refractivity contribution in [2.45, 2.75) is 13.0 Å². The van der Waals surface area contributed by atoms with Crippen LogP contribution in [0.2, 0.25) is 0 Å². The van der Waals surface area contributed by atoms with Crippen LogP contribution in [0.25, 0.3) is 5.69 Å². The van der Waals surface area contributed by atoms with E-state index in [1.807, 2.05) is 31.2 Å². The minimum atomic E-state index is -0.640. The van der Waals surface area contributed by atoms with Crippen LogP contribution in [0.4, 0.5) is 0 Å². The van der Waals surface area contributed by atoms with Crippen LogP contribution in [0, 0.1) is 6.92 Å². The third-order valence-electron chi connectivity index (χ3n) is 2.48. The number of nitrogens with two attached hydrogens (primary N) is 1. The molecule has 3 N–H and O–H groups in total. The van der Waals surface area contributed by atoms with Gasteiger partial charge in [0.2, 0.25) is 0 Å². The van der Waals surface area contributed by atoms with Gasteiger partial charge in [-0.1, -0.05) is 12.1 Å². The third-order valence-corrected chi connectivity index (χ3v) is 2.48. The number of hydrogen-bond acceptors (Lipinski definition) is 3. The number of aryl methyl sites for hydroxylation is 1. The van der Waals surface area contributed by atoms with Crippen LogP contribution in [-0.2, 0) is 0 Å². The maximum atomic E-state index is 9.57. The minimum Gasteiger partial charge on any atom is -0.387 e. The topological polar surface area (TPSA) is 64.1 Å². The fraction of sp³-hybridized carbons (Fsp3) is 0.250. The summed E-state index contributed by atoms with van der Waals surface area (Å²) >= 11 is 0. The lowest BCUT2D eigenvalue weighted by molar-refractivity contribution is 0.186. The summed E-state index contributed by atoms with van der Waals surface area (Å²) in [5.41, 5.74) is 8.29. The maximum absolute atomic E-state index is 9.57. The molecule has 16 heavy (non-hydrogen) atoms. The number of nitrogens with zero attached hydrogens (tertiary/aromatic N) is 2. The van der Waals surface area contributed by atoms with Gasteiger partial charge >= 0.3 is 0 Å². The number of benzene rings is 1. The van der Waals surface area contributed by atoms with E-state index in [9.17, 15) is 5.11 Å². The van der Waals surface area contributed by atoms with E-state index in [0.717, 1.165) is 11.3 Å². The maximum Gasteiger partial charge on any atom is 0.0942 e. The van der Waals surface area contributed by atoms with Crippen LogP contribution in [0.3, 0.4) is 0 Å². The zero-order chi connectivity index (χ0) is 11.5. The second-order valence-electron chi connectivity index (χ2n) is 3.81. The van der Waals surface area contributed by atoms with Gasteiger partial charge in [-0.15, -0.1) is 0 Å². The van der Waals surface area contributed by atoms with Gasteiger partial charge in [0.15, 0.2) is 0 Å². The Hall–Kier alpha value is -1.65. The Morgan fingerprint density at radius 3 is 3.00 bits per heavy atom. The van der Waals surface area contributed by atoms with Gasteiger partial charge in [0, 0.05) is 18.3 Å². The normalized spacial score (nSPS) is 12.7. The van der Waals surface area contributed by atoms with Crippen LogP contribution in [0.1, 0.15) is 17.2 Å². The summed E-state index contributed by atoms with van der Waals surface area (Å²) in [6.45, 7) is 2.24. The van der Waals surface area contributed by atoms with Crippen LogP contribution in [0.5, 0.6) is 0 Å². The number of rotatable bonds is 3. The molecule has 0 aliphatic heterocycles. The predicted octanol–water partition coefficient (Wildman–Crippen LogP) is 1.17. The molecule has 2 aromatic rings. The second kappa shape index (κ2) is 4.47. The van der Waals surface area contributed by atoms with Gasteiger partial charge in [-0.05, 0) is 24.6 Å². The van der Waals surface area contributed by atoms with E-state index in [4.69, 9.17) is 5.73 Å². The Balaban J connectivity index is 2.31. The first-order chi connectivity index (χ1) is 7.70. The molecule has 0 spiro atoms. The number of aliphatic hydroxyl groups excluding tert-OH is 1. The highest BCUT2D eigenvalue weighted by molar-refractivity contribution is 5.35. The second-order valence-corrected chi connectivity index (χ2v) is 3.81. The highest BCUT2D eigenvalue weighted by Gasteiger charge is 2.08. The summed E-state index contributed by atoms with van der Waals surface area (Å²) in [4.78, 5) is 0. The van der Waals surface area contributed by atoms with Crippen molar-refractivity contribution in [3.05, 3.63) is 47.8 Å². The third kappa shape index (κ3) is 2.13. The molecular formula is C12H15N3O. The summed E-state index contributed by atoms with van der Waals surface area (Å²) < 4.78 is 1.74. The standard InChI is InChI=1S/C12H15N3O/c1-9-3-2-4-11(5-9)15-8-10(7-14-15)12(16)6-13/h2-5,7-8,12,16H,6,13H2,1H3. The molecule has 0 saturated carbocycles. The molecule has 1 aromatic carbocycles. The van der Waals surface area contributed by atoms with E-state index >= 15 is 0 Å². The Morgan fingerprint density at radius 2 is 2.31 bits per heavy atom. The lowest BCUT2D eigenvalue weighted by atomic mass is 10.2. The highest BCUT2D eigenvalue weighted by atomic mass is 16.3. The van der Waals surface area contributed by atoms with Crippen LogP contribution in [0.15, 0.2) is 36.7 Å². The van der Waals surface area contributed by atoms with Gasteiger partial charge < -0.3 is 10.8 Å². The summed E-state index contributed by atoms with van der Waals surface area (Å²) in [7, 11) is 0. The van der Waals surface area contributed by atoms with Crippen molar-refractivity contribution in [1.82, 2.24) is 9.78 Å². The lowest BCUT2D eigenvalue weighted by Crippen LogP contribution is -2.10. The molecule has 4 nitrogen and oxygen atoms in total. The summed E-state index contributed by atoms with van der Waals surface area (Å²) in [5.74, 6) is 0. The molecule has 0 amide bonds. The average molecular weight is 217 g/mol. The predicted molar refractivity (Wildman–Crippen MR) is 62.3 cm³/mol. The molecule has 1 heterocycles. The fourth-order valence-corrected chi connectivity index (χ4v) is 1.56. The summed E-state index contributed by atoms with van der Waals surface area (Å²) in [6.07, 6.45) is 2.80. The van der Waals surface area contributed by atoms with E-state index in [-0.39, 0.29) is 6.54 Å². The minimum absolute atomic E-state index is 0.208. The Labute approximate surface area is 94.3 Å². The molecule has 0 aliphatic rings. The number of hydrogen-bond donors (Lipinski definition) is 2. The Kier molecular flexibility index (Phi) is 3.03. The highest BCUT2D eigenvalue weighted by Crippen LogP contribution is 2.14. The molecule has 0 saturated heterocycles. The SMILES string of the molecule is Cc1cccc(-n2cc(C(O)CN)cn2)c1. The zero-order valence-corrected chi connectivity index (χ0v) is 9.17. The van der Waals surface area contributed by atoms with Crippen LogP contribution in [-0.4, -0.2) is 21.4 Å². The summed E-state index contributed by atoms with van der Waals surface area (Å²) in [5, 5.41) is 13.8. The largest absolute Gasteiger partial charge is 0.387 e. The molecule has 1 atom stereocenters. The molecule has 84 valence electrons. The van der Waals surface area contributed by atoms with Crippen molar-refractivity contribution in [3.63, 3.8) is 0 Å². The van der Waals surface area contributed by atoms with Crippen LogP contribution >= 0.6 is 0 Å². The van der Waals surface area contributed by atoms with Crippen molar-refractivity contribution in [2.75, 3.05) is 6.54 Å². The van der Waals surface area contributed by atoms with E-state index in [1.165, 1.54) is 5.56 Å². The average Bonchev–Trinajstić information content (AvgIpc) is 2.77. The molecule has 0 radical (unpaired) electrons. The van der Waals surface area contributed by atoms with Gasteiger partial charge in [-0.2, -0.15) is 5.10 Å². The quantitative estimate of drug-likeness (QED) is 0.811. The Bertz CT molecular complexity index is 479. The molecule has 2 rings (SSSR count). The van der Waals surface area contributed by atoms with Crippen molar-refractivity contribution >= 4 is 0 Å². The molecule has 0 bridgehead atoms. The van der Waals surface area contributed by atoms with Gasteiger partial charge in [0.05, 0.1) is 18.0 Å². The van der Waals surface area contributed by atoms with E-state index in [2.05, 4.69) is 5.10 Å². The van der Waals surface area contributed by atoms with Crippen LogP contribution < -0.4 is 5.73 Å². The molecule has 1 unspecified atom stereocenters. The molecular weight excluding hydrogens is 202 g/mol. The smallest absolute Gasteiger partial charge is 0.0942 e. The zero-order valence-electron chi connectivity index (χ0n) is 9.17. The first-order valence-corrected chi connectivity index (χ1v) is 5.20. The van der Waals surface area contributed by atoms with Gasteiger partial charge in [0.1, 0.15) is 0 Å². The molecule has 4 heteroatoms. The van der Waals surface area contributed by atoms with Gasteiger partial charge in [-0.25, -0.2) is 4.68 Å². The van der Waals surface area contributed by atoms with Crippen molar-refractivity contribution in [3.8, 4) is 5.69 Å². The fourth-order valence-electron chi connectivity index (χ4n) is 1.56. The number of aliphatic hydroxyl groups is 1. The molecule has 0 fully saturated rings. The Morgan fingerprint density at radius 1 is 1.50 bits per heavy atom. The van der Waals surface area contributed by atoms with Crippen molar-refractivity contribution in [1.29, 1.82) is 0 Å². The monoisotopic (exact) mass is 217 g/mol. The molecule has 1 aromatic heterocycles.